The van der Waals surface area contributed by atoms with E-state index < -0.39 is 0 Å². The fraction of sp³-hybridized carbons (Fsp3) is 0.733. The van der Waals surface area contributed by atoms with Gasteiger partial charge in [0.15, 0.2) is 0 Å². The molecule has 2 saturated heterocycles. The zero-order chi connectivity index (χ0) is 14.7. The van der Waals surface area contributed by atoms with E-state index in [1.807, 2.05) is 17.8 Å². The number of hydrogen-bond acceptors (Lipinski definition) is 4. The van der Waals surface area contributed by atoms with Gasteiger partial charge in [0.25, 0.3) is 5.91 Å². The second kappa shape index (κ2) is 6.15. The van der Waals surface area contributed by atoms with Gasteiger partial charge < -0.3 is 15.4 Å². The average molecular weight is 292 g/mol. The number of rotatable bonds is 4. The van der Waals surface area contributed by atoms with Gasteiger partial charge in [-0.05, 0) is 45.2 Å². The number of nitrogens with zero attached hydrogens (tertiary/aromatic N) is 2. The van der Waals surface area contributed by atoms with Crippen molar-refractivity contribution < 1.29 is 9.53 Å². The van der Waals surface area contributed by atoms with Gasteiger partial charge in [0, 0.05) is 25.9 Å². The molecule has 6 heteroatoms. The molecule has 116 valence electrons. The number of carbonyl (C=O) groups excluding carboxylic acids is 1. The lowest BCUT2D eigenvalue weighted by atomic mass is 10.0. The molecule has 21 heavy (non-hydrogen) atoms. The second-order valence-electron chi connectivity index (χ2n) is 6.27. The summed E-state index contributed by atoms with van der Waals surface area (Å²) in [4.78, 5) is 12.2. The molecule has 1 amide bonds. The summed E-state index contributed by atoms with van der Waals surface area (Å²) >= 11 is 0. The average Bonchev–Trinajstić information content (AvgIpc) is 3.16. The molecule has 1 aromatic heterocycles. The van der Waals surface area contributed by atoms with Gasteiger partial charge in [-0.1, -0.05) is 0 Å². The van der Waals surface area contributed by atoms with E-state index in [-0.39, 0.29) is 11.5 Å². The third-order valence-corrected chi connectivity index (χ3v) is 4.41. The van der Waals surface area contributed by atoms with Crippen molar-refractivity contribution in [3.05, 3.63) is 18.0 Å². The molecule has 3 rings (SSSR count). The summed E-state index contributed by atoms with van der Waals surface area (Å²) in [6.07, 6.45) is 6.23. The number of piperidine rings is 1. The van der Waals surface area contributed by atoms with Crippen LogP contribution in [0.5, 0.6) is 0 Å². The summed E-state index contributed by atoms with van der Waals surface area (Å²) in [7, 11) is 0. The van der Waals surface area contributed by atoms with Crippen LogP contribution < -0.4 is 10.6 Å². The van der Waals surface area contributed by atoms with E-state index in [2.05, 4.69) is 15.7 Å². The van der Waals surface area contributed by atoms with Crippen molar-refractivity contribution in [3.63, 3.8) is 0 Å². The van der Waals surface area contributed by atoms with Crippen molar-refractivity contribution >= 4 is 5.91 Å². The van der Waals surface area contributed by atoms with E-state index in [9.17, 15) is 4.79 Å². The maximum atomic E-state index is 12.2. The predicted octanol–water partition coefficient (Wildman–Crippen LogP) is 1.11. The van der Waals surface area contributed by atoms with Gasteiger partial charge >= 0.3 is 0 Å². The first-order chi connectivity index (χ1) is 10.2. The summed E-state index contributed by atoms with van der Waals surface area (Å²) < 4.78 is 7.59. The normalized spacial score (nSPS) is 29.5. The van der Waals surface area contributed by atoms with E-state index in [0.717, 1.165) is 45.4 Å². The summed E-state index contributed by atoms with van der Waals surface area (Å²) in [5.41, 5.74) is 0.271. The van der Waals surface area contributed by atoms with Crippen LogP contribution in [0.25, 0.3) is 0 Å². The van der Waals surface area contributed by atoms with Crippen LogP contribution >= 0.6 is 0 Å². The monoisotopic (exact) mass is 292 g/mol. The number of ether oxygens (including phenoxy) is 1. The van der Waals surface area contributed by atoms with Crippen molar-refractivity contribution in [2.24, 2.45) is 0 Å². The van der Waals surface area contributed by atoms with Crippen LogP contribution in [0, 0.1) is 0 Å². The highest BCUT2D eigenvalue weighted by atomic mass is 16.5. The number of amides is 1. The fourth-order valence-electron chi connectivity index (χ4n) is 3.06. The highest BCUT2D eigenvalue weighted by Crippen LogP contribution is 2.24. The standard InChI is InChI=1S/C15H24N4O2/c1-15(6-3-9-21-15)11-17-14(20)13-5-8-19(18-13)12-4-2-7-16-10-12/h5,8,12,16H,2-4,6-7,9-11H2,1H3,(H,17,20)/t12-,15-/m1/s1. The Hall–Kier alpha value is -1.40. The Balaban J connectivity index is 1.56. The molecule has 0 saturated carbocycles. The maximum absolute atomic E-state index is 12.2. The molecule has 2 N–H and O–H groups in total. The van der Waals surface area contributed by atoms with Crippen LogP contribution in [0.1, 0.15) is 49.1 Å². The first-order valence-corrected chi connectivity index (χ1v) is 7.84. The van der Waals surface area contributed by atoms with Crippen molar-refractivity contribution in [1.82, 2.24) is 20.4 Å². The topological polar surface area (TPSA) is 68.2 Å². The quantitative estimate of drug-likeness (QED) is 0.872. The third kappa shape index (κ3) is 3.44. The summed E-state index contributed by atoms with van der Waals surface area (Å²) in [6.45, 7) is 5.38. The fourth-order valence-corrected chi connectivity index (χ4v) is 3.06. The SMILES string of the molecule is C[C@]1(CNC(=O)c2ccn([C@@H]3CCCNC3)n2)CCCO1. The smallest absolute Gasteiger partial charge is 0.271 e. The Kier molecular flexibility index (Phi) is 4.26. The number of nitrogens with one attached hydrogen (secondary N) is 2. The van der Waals surface area contributed by atoms with Crippen LogP contribution in [0.2, 0.25) is 0 Å². The zero-order valence-corrected chi connectivity index (χ0v) is 12.6. The molecular formula is C15H24N4O2. The number of carbonyl (C=O) groups is 1. The van der Waals surface area contributed by atoms with Gasteiger partial charge in [-0.25, -0.2) is 0 Å². The highest BCUT2D eigenvalue weighted by Gasteiger charge is 2.30. The van der Waals surface area contributed by atoms with Crippen molar-refractivity contribution in [3.8, 4) is 0 Å². The van der Waals surface area contributed by atoms with Crippen LogP contribution in [-0.2, 0) is 4.74 Å². The first kappa shape index (κ1) is 14.5. The molecular weight excluding hydrogens is 268 g/mol. The molecule has 2 fully saturated rings. The van der Waals surface area contributed by atoms with E-state index in [1.165, 1.54) is 0 Å². The summed E-state index contributed by atoms with van der Waals surface area (Å²) in [5, 5.41) is 10.7. The number of aromatic nitrogens is 2. The Bertz CT molecular complexity index is 488. The van der Waals surface area contributed by atoms with Gasteiger partial charge in [-0.15, -0.1) is 0 Å². The van der Waals surface area contributed by atoms with E-state index in [0.29, 0.717) is 18.3 Å². The van der Waals surface area contributed by atoms with E-state index >= 15 is 0 Å². The van der Waals surface area contributed by atoms with Crippen LogP contribution in [0.4, 0.5) is 0 Å². The molecule has 2 aliphatic rings. The van der Waals surface area contributed by atoms with Gasteiger partial charge in [-0.2, -0.15) is 5.10 Å². The van der Waals surface area contributed by atoms with Crippen LogP contribution in [0.3, 0.4) is 0 Å². The zero-order valence-electron chi connectivity index (χ0n) is 12.6. The lowest BCUT2D eigenvalue weighted by Crippen LogP contribution is -2.40. The Morgan fingerprint density at radius 3 is 3.24 bits per heavy atom. The molecule has 0 aromatic carbocycles. The second-order valence-corrected chi connectivity index (χ2v) is 6.27. The molecule has 3 heterocycles. The molecule has 0 unspecified atom stereocenters. The Morgan fingerprint density at radius 2 is 2.52 bits per heavy atom. The van der Waals surface area contributed by atoms with Gasteiger partial charge in [-0.3, -0.25) is 9.48 Å². The van der Waals surface area contributed by atoms with Crippen LogP contribution in [-0.4, -0.2) is 47.5 Å². The molecule has 6 nitrogen and oxygen atoms in total. The van der Waals surface area contributed by atoms with Crippen molar-refractivity contribution in [1.29, 1.82) is 0 Å². The van der Waals surface area contributed by atoms with Crippen molar-refractivity contribution in [2.75, 3.05) is 26.2 Å². The molecule has 0 bridgehead atoms. The minimum atomic E-state index is -0.217. The maximum Gasteiger partial charge on any atom is 0.271 e. The highest BCUT2D eigenvalue weighted by molar-refractivity contribution is 5.92. The van der Waals surface area contributed by atoms with Crippen molar-refractivity contribution in [2.45, 2.75) is 44.2 Å². The van der Waals surface area contributed by atoms with Gasteiger partial charge in [0.2, 0.25) is 0 Å². The molecule has 0 radical (unpaired) electrons. The third-order valence-electron chi connectivity index (χ3n) is 4.41. The summed E-state index contributed by atoms with van der Waals surface area (Å²) in [6, 6.07) is 2.15. The van der Waals surface area contributed by atoms with Gasteiger partial charge in [0.05, 0.1) is 11.6 Å². The van der Waals surface area contributed by atoms with E-state index in [1.54, 1.807) is 6.07 Å². The Morgan fingerprint density at radius 1 is 1.62 bits per heavy atom. The molecule has 1 aromatic rings. The predicted molar refractivity (Wildman–Crippen MR) is 79.3 cm³/mol. The minimum Gasteiger partial charge on any atom is -0.373 e. The Labute approximate surface area is 125 Å². The lowest BCUT2D eigenvalue weighted by molar-refractivity contribution is 0.0205. The first-order valence-electron chi connectivity index (χ1n) is 7.84. The van der Waals surface area contributed by atoms with Crippen LogP contribution in [0.15, 0.2) is 12.3 Å². The molecule has 0 spiro atoms. The van der Waals surface area contributed by atoms with Gasteiger partial charge in [0.1, 0.15) is 5.69 Å². The molecule has 2 aliphatic heterocycles. The molecule has 2 atom stereocenters. The minimum absolute atomic E-state index is 0.116. The van der Waals surface area contributed by atoms with E-state index in [4.69, 9.17) is 4.74 Å². The number of hydrogen-bond donors (Lipinski definition) is 2. The largest absolute Gasteiger partial charge is 0.373 e. The summed E-state index contributed by atoms with van der Waals surface area (Å²) in [5.74, 6) is -0.116. The lowest BCUT2D eigenvalue weighted by Gasteiger charge is -2.23. The molecule has 0 aliphatic carbocycles.